The average Bonchev–Trinajstić information content (AvgIpc) is 2.51. The fourth-order valence-corrected chi connectivity index (χ4v) is 2.43. The van der Waals surface area contributed by atoms with Crippen LogP contribution < -0.4 is 15.8 Å². The van der Waals surface area contributed by atoms with E-state index in [1.165, 1.54) is 0 Å². The molecule has 0 aliphatic heterocycles. The average molecular weight is 330 g/mol. The molecule has 1 unspecified atom stereocenters. The second kappa shape index (κ2) is 7.53. The minimum atomic E-state index is -0.506. The van der Waals surface area contributed by atoms with E-state index in [0.29, 0.717) is 13.0 Å². The van der Waals surface area contributed by atoms with Crippen molar-refractivity contribution in [3.8, 4) is 5.75 Å². The lowest BCUT2D eigenvalue weighted by Crippen LogP contribution is -2.41. The van der Waals surface area contributed by atoms with E-state index in [1.807, 2.05) is 39.0 Å². The second-order valence-corrected chi connectivity index (χ2v) is 6.89. The van der Waals surface area contributed by atoms with E-state index in [0.717, 1.165) is 22.1 Å². The number of carbonyl (C=O) groups is 1. The number of rotatable bonds is 5. The van der Waals surface area contributed by atoms with Crippen LogP contribution >= 0.6 is 0 Å². The van der Waals surface area contributed by atoms with Gasteiger partial charge in [-0.3, -0.25) is 0 Å². The molecule has 0 aromatic heterocycles. The zero-order chi connectivity index (χ0) is 17.7. The molecule has 5 heteroatoms. The van der Waals surface area contributed by atoms with Crippen molar-refractivity contribution >= 4 is 16.9 Å². The first-order valence-corrected chi connectivity index (χ1v) is 8.06. The van der Waals surface area contributed by atoms with Crippen molar-refractivity contribution in [1.82, 2.24) is 5.32 Å². The summed E-state index contributed by atoms with van der Waals surface area (Å²) < 4.78 is 10.4. The molecule has 0 radical (unpaired) electrons. The van der Waals surface area contributed by atoms with Crippen molar-refractivity contribution in [3.05, 3.63) is 42.0 Å². The highest BCUT2D eigenvalue weighted by atomic mass is 16.6. The van der Waals surface area contributed by atoms with Crippen molar-refractivity contribution in [2.75, 3.05) is 13.7 Å². The van der Waals surface area contributed by atoms with Gasteiger partial charge in [-0.25, -0.2) is 4.79 Å². The first-order chi connectivity index (χ1) is 11.3. The Balaban J connectivity index is 1.93. The Hall–Kier alpha value is -2.27. The molecule has 0 bridgehead atoms. The van der Waals surface area contributed by atoms with Crippen molar-refractivity contribution in [3.63, 3.8) is 0 Å². The van der Waals surface area contributed by atoms with Gasteiger partial charge in [-0.1, -0.05) is 24.3 Å². The van der Waals surface area contributed by atoms with Crippen LogP contribution in [0.2, 0.25) is 0 Å². The van der Waals surface area contributed by atoms with Crippen LogP contribution in [0.15, 0.2) is 36.4 Å². The fraction of sp³-hybridized carbons (Fsp3) is 0.421. The largest absolute Gasteiger partial charge is 0.497 e. The van der Waals surface area contributed by atoms with Gasteiger partial charge >= 0.3 is 6.09 Å². The number of alkyl carbamates (subject to hydrolysis) is 1. The van der Waals surface area contributed by atoms with Gasteiger partial charge < -0.3 is 20.5 Å². The third-order valence-electron chi connectivity index (χ3n) is 3.52. The molecule has 24 heavy (non-hydrogen) atoms. The lowest BCUT2D eigenvalue weighted by molar-refractivity contribution is 0.0524. The van der Waals surface area contributed by atoms with Crippen LogP contribution in [-0.4, -0.2) is 31.4 Å². The minimum Gasteiger partial charge on any atom is -0.497 e. The molecule has 5 nitrogen and oxygen atoms in total. The van der Waals surface area contributed by atoms with E-state index in [1.54, 1.807) is 7.11 Å². The number of carbonyl (C=O) groups excluding carboxylic acids is 1. The zero-order valence-corrected chi connectivity index (χ0v) is 14.8. The van der Waals surface area contributed by atoms with Gasteiger partial charge in [0.25, 0.3) is 0 Å². The first-order valence-electron chi connectivity index (χ1n) is 8.06. The Morgan fingerprint density at radius 1 is 1.17 bits per heavy atom. The number of amides is 1. The number of benzene rings is 2. The van der Waals surface area contributed by atoms with Crippen LogP contribution in [0, 0.1) is 0 Å². The monoisotopic (exact) mass is 330 g/mol. The van der Waals surface area contributed by atoms with Crippen LogP contribution in [0.4, 0.5) is 4.79 Å². The highest BCUT2D eigenvalue weighted by Gasteiger charge is 2.16. The Labute approximate surface area is 143 Å². The zero-order valence-electron chi connectivity index (χ0n) is 14.8. The molecule has 0 aliphatic carbocycles. The van der Waals surface area contributed by atoms with Crippen LogP contribution in [0.1, 0.15) is 26.3 Å². The maximum atomic E-state index is 11.7. The van der Waals surface area contributed by atoms with Gasteiger partial charge in [0.1, 0.15) is 11.4 Å². The van der Waals surface area contributed by atoms with E-state index in [2.05, 4.69) is 23.5 Å². The van der Waals surface area contributed by atoms with Crippen LogP contribution in [0.5, 0.6) is 5.75 Å². The van der Waals surface area contributed by atoms with Gasteiger partial charge in [0.15, 0.2) is 0 Å². The summed E-state index contributed by atoms with van der Waals surface area (Å²) in [6, 6.07) is 12.0. The number of nitrogens with two attached hydrogens (primary N) is 1. The second-order valence-electron chi connectivity index (χ2n) is 6.89. The van der Waals surface area contributed by atoms with Gasteiger partial charge in [-0.05, 0) is 55.7 Å². The maximum absolute atomic E-state index is 11.7. The molecule has 0 heterocycles. The van der Waals surface area contributed by atoms with Crippen molar-refractivity contribution in [2.45, 2.75) is 38.8 Å². The lowest BCUT2D eigenvalue weighted by atomic mass is 10.0. The Kier molecular flexibility index (Phi) is 5.67. The standard InChI is InChI=1S/C19H26N2O3/c1-19(2,3)24-18(22)21-12-16(20)10-13-5-6-15-11-17(23-4)8-7-14(15)9-13/h5-9,11,16H,10,12,20H2,1-4H3,(H,21,22). The van der Waals surface area contributed by atoms with Crippen LogP contribution in [-0.2, 0) is 11.2 Å². The van der Waals surface area contributed by atoms with E-state index in [4.69, 9.17) is 15.2 Å². The SMILES string of the molecule is COc1ccc2cc(CC(N)CNC(=O)OC(C)(C)C)ccc2c1. The number of fused-ring (bicyclic) bond motifs is 1. The summed E-state index contributed by atoms with van der Waals surface area (Å²) in [6.45, 7) is 5.86. The molecule has 130 valence electrons. The maximum Gasteiger partial charge on any atom is 0.407 e. The first kappa shape index (κ1) is 18.1. The molecule has 0 fully saturated rings. The fourth-order valence-electron chi connectivity index (χ4n) is 2.43. The highest BCUT2D eigenvalue weighted by Crippen LogP contribution is 2.22. The summed E-state index contributed by atoms with van der Waals surface area (Å²) >= 11 is 0. The Bertz CT molecular complexity index is 707. The normalized spacial score (nSPS) is 12.7. The molecule has 3 N–H and O–H groups in total. The third-order valence-corrected chi connectivity index (χ3v) is 3.52. The van der Waals surface area contributed by atoms with E-state index in [-0.39, 0.29) is 6.04 Å². The lowest BCUT2D eigenvalue weighted by Gasteiger charge is -2.20. The Morgan fingerprint density at radius 3 is 2.50 bits per heavy atom. The number of ether oxygens (including phenoxy) is 2. The third kappa shape index (κ3) is 5.42. The number of hydrogen-bond donors (Lipinski definition) is 2. The molecule has 2 aromatic carbocycles. The summed E-state index contributed by atoms with van der Waals surface area (Å²) in [4.78, 5) is 11.7. The molecule has 0 saturated carbocycles. The summed E-state index contributed by atoms with van der Waals surface area (Å²) in [5, 5.41) is 4.97. The van der Waals surface area contributed by atoms with Gasteiger partial charge in [0.05, 0.1) is 7.11 Å². The predicted molar refractivity (Wildman–Crippen MR) is 96.4 cm³/mol. The smallest absolute Gasteiger partial charge is 0.407 e. The number of methoxy groups -OCH3 is 1. The molecule has 2 rings (SSSR count). The summed E-state index contributed by atoms with van der Waals surface area (Å²) in [6.07, 6.45) is 0.237. The van der Waals surface area contributed by atoms with Crippen LogP contribution in [0.25, 0.3) is 10.8 Å². The minimum absolute atomic E-state index is 0.173. The molecular formula is C19H26N2O3. The van der Waals surface area contributed by atoms with Crippen molar-refractivity contribution in [1.29, 1.82) is 0 Å². The molecule has 2 aromatic rings. The van der Waals surface area contributed by atoms with Crippen LogP contribution in [0.3, 0.4) is 0 Å². The van der Waals surface area contributed by atoms with E-state index in [9.17, 15) is 4.79 Å². The summed E-state index contributed by atoms with van der Waals surface area (Å²) in [7, 11) is 1.66. The van der Waals surface area contributed by atoms with Gasteiger partial charge in [-0.15, -0.1) is 0 Å². The van der Waals surface area contributed by atoms with E-state index < -0.39 is 11.7 Å². The van der Waals surface area contributed by atoms with E-state index >= 15 is 0 Å². The predicted octanol–water partition coefficient (Wildman–Crippen LogP) is 3.24. The molecule has 0 spiro atoms. The molecule has 1 atom stereocenters. The topological polar surface area (TPSA) is 73.6 Å². The molecular weight excluding hydrogens is 304 g/mol. The molecule has 0 aliphatic rings. The van der Waals surface area contributed by atoms with Crippen molar-refractivity contribution < 1.29 is 14.3 Å². The number of nitrogens with one attached hydrogen (secondary N) is 1. The van der Waals surface area contributed by atoms with Crippen molar-refractivity contribution in [2.24, 2.45) is 5.73 Å². The van der Waals surface area contributed by atoms with Gasteiger partial charge in [0.2, 0.25) is 0 Å². The van der Waals surface area contributed by atoms with Gasteiger partial charge in [-0.2, -0.15) is 0 Å². The quantitative estimate of drug-likeness (QED) is 0.882. The number of hydrogen-bond acceptors (Lipinski definition) is 4. The molecule has 1 amide bonds. The summed E-state index contributed by atoms with van der Waals surface area (Å²) in [5.74, 6) is 0.841. The van der Waals surface area contributed by atoms with Gasteiger partial charge in [0, 0.05) is 12.6 Å². The summed E-state index contributed by atoms with van der Waals surface area (Å²) in [5.41, 5.74) is 6.74. The highest BCUT2D eigenvalue weighted by molar-refractivity contribution is 5.84. The molecule has 0 saturated heterocycles. The Morgan fingerprint density at radius 2 is 1.83 bits per heavy atom.